The topological polar surface area (TPSA) is 62.4 Å². The number of fused-ring (bicyclic) bond motifs is 1. The van der Waals surface area contributed by atoms with Gasteiger partial charge in [-0.1, -0.05) is 24.3 Å². The molecular formula is C13H20N4. The van der Waals surface area contributed by atoms with E-state index in [0.717, 1.165) is 13.0 Å². The number of guanidine groups is 1. The number of aryl methyl sites for hydroxylation is 1. The summed E-state index contributed by atoms with van der Waals surface area (Å²) in [4.78, 5) is 4.28. The first-order chi connectivity index (χ1) is 8.35. The zero-order valence-corrected chi connectivity index (χ0v) is 10.2. The molecule has 1 atom stereocenters. The van der Waals surface area contributed by atoms with Crippen molar-refractivity contribution < 1.29 is 0 Å². The number of nitrogens with one attached hydrogen (secondary N) is 2. The fourth-order valence-electron chi connectivity index (χ4n) is 2.36. The van der Waals surface area contributed by atoms with E-state index in [2.05, 4.69) is 40.0 Å². The fourth-order valence-corrected chi connectivity index (χ4v) is 2.36. The number of benzene rings is 1. The molecule has 1 aliphatic rings. The third-order valence-corrected chi connectivity index (χ3v) is 3.13. The molecule has 0 saturated heterocycles. The summed E-state index contributed by atoms with van der Waals surface area (Å²) in [5.74, 6) is 6.13. The van der Waals surface area contributed by atoms with Crippen LogP contribution in [-0.2, 0) is 6.42 Å². The average molecular weight is 232 g/mol. The second kappa shape index (κ2) is 5.68. The first-order valence-electron chi connectivity index (χ1n) is 6.20. The Labute approximate surface area is 102 Å². The van der Waals surface area contributed by atoms with E-state index < -0.39 is 0 Å². The van der Waals surface area contributed by atoms with Gasteiger partial charge in [-0.05, 0) is 37.3 Å². The van der Waals surface area contributed by atoms with Gasteiger partial charge in [0.2, 0.25) is 5.96 Å². The molecular weight excluding hydrogens is 212 g/mol. The van der Waals surface area contributed by atoms with Crippen molar-refractivity contribution in [3.8, 4) is 0 Å². The van der Waals surface area contributed by atoms with E-state index >= 15 is 0 Å². The molecule has 1 aromatic rings. The van der Waals surface area contributed by atoms with Gasteiger partial charge in [-0.15, -0.1) is 0 Å². The molecule has 1 aromatic carbocycles. The molecule has 1 aliphatic carbocycles. The summed E-state index contributed by atoms with van der Waals surface area (Å²) in [5, 5.41) is 3.38. The molecule has 0 radical (unpaired) electrons. The Bertz CT molecular complexity index is 400. The maximum atomic E-state index is 5.45. The van der Waals surface area contributed by atoms with E-state index in [1.165, 1.54) is 24.0 Å². The van der Waals surface area contributed by atoms with Gasteiger partial charge in [-0.3, -0.25) is 10.4 Å². The number of hydrogen-bond donors (Lipinski definition) is 3. The molecule has 4 heteroatoms. The van der Waals surface area contributed by atoms with Crippen LogP contribution < -0.4 is 16.6 Å². The van der Waals surface area contributed by atoms with E-state index in [-0.39, 0.29) is 0 Å². The number of hydrazine groups is 1. The van der Waals surface area contributed by atoms with Gasteiger partial charge in [-0.25, -0.2) is 5.84 Å². The molecule has 0 amide bonds. The molecule has 92 valence electrons. The summed E-state index contributed by atoms with van der Waals surface area (Å²) in [6.07, 6.45) is 3.50. The molecule has 4 N–H and O–H groups in total. The molecule has 2 rings (SSSR count). The molecule has 0 aromatic heterocycles. The predicted octanol–water partition coefficient (Wildman–Crippen LogP) is 1.49. The van der Waals surface area contributed by atoms with E-state index in [9.17, 15) is 0 Å². The Morgan fingerprint density at radius 1 is 1.47 bits per heavy atom. The van der Waals surface area contributed by atoms with Gasteiger partial charge in [0.25, 0.3) is 0 Å². The lowest BCUT2D eigenvalue weighted by Crippen LogP contribution is -2.44. The largest absolute Gasteiger partial charge is 0.349 e. The van der Waals surface area contributed by atoms with Crippen molar-refractivity contribution in [1.29, 1.82) is 0 Å². The van der Waals surface area contributed by atoms with Crippen LogP contribution in [0.25, 0.3) is 0 Å². The lowest BCUT2D eigenvalue weighted by Gasteiger charge is -2.27. The molecule has 17 heavy (non-hydrogen) atoms. The van der Waals surface area contributed by atoms with Crippen LogP contribution in [0.3, 0.4) is 0 Å². The van der Waals surface area contributed by atoms with Gasteiger partial charge in [-0.2, -0.15) is 0 Å². The Balaban J connectivity index is 2.16. The molecule has 0 heterocycles. The summed E-state index contributed by atoms with van der Waals surface area (Å²) < 4.78 is 0. The third kappa shape index (κ3) is 2.77. The minimum atomic E-state index is 0.321. The number of aliphatic imine (C=N–C) groups is 1. The molecule has 0 spiro atoms. The predicted molar refractivity (Wildman–Crippen MR) is 70.6 cm³/mol. The Kier molecular flexibility index (Phi) is 3.98. The van der Waals surface area contributed by atoms with Crippen LogP contribution in [0, 0.1) is 0 Å². The highest BCUT2D eigenvalue weighted by Gasteiger charge is 2.20. The highest BCUT2D eigenvalue weighted by Crippen LogP contribution is 2.29. The van der Waals surface area contributed by atoms with Crippen molar-refractivity contribution >= 4 is 5.96 Å². The smallest absolute Gasteiger partial charge is 0.206 e. The highest BCUT2D eigenvalue weighted by molar-refractivity contribution is 5.79. The lowest BCUT2D eigenvalue weighted by molar-refractivity contribution is 0.520. The van der Waals surface area contributed by atoms with E-state index in [1.807, 2.05) is 6.92 Å². The van der Waals surface area contributed by atoms with Gasteiger partial charge in [0.1, 0.15) is 0 Å². The third-order valence-electron chi connectivity index (χ3n) is 3.13. The van der Waals surface area contributed by atoms with Crippen LogP contribution in [-0.4, -0.2) is 12.5 Å². The van der Waals surface area contributed by atoms with Crippen molar-refractivity contribution in [1.82, 2.24) is 10.7 Å². The molecule has 0 saturated carbocycles. The molecule has 0 fully saturated rings. The van der Waals surface area contributed by atoms with Crippen LogP contribution in [0.2, 0.25) is 0 Å². The van der Waals surface area contributed by atoms with Gasteiger partial charge in [0.05, 0.1) is 6.04 Å². The van der Waals surface area contributed by atoms with E-state index in [0.29, 0.717) is 12.0 Å². The maximum absolute atomic E-state index is 5.45. The molecule has 4 nitrogen and oxygen atoms in total. The normalized spacial score (nSPS) is 19.6. The summed E-state index contributed by atoms with van der Waals surface area (Å²) in [7, 11) is 0. The van der Waals surface area contributed by atoms with Crippen LogP contribution in [0.4, 0.5) is 0 Å². The van der Waals surface area contributed by atoms with Crippen molar-refractivity contribution in [3.05, 3.63) is 35.4 Å². The first kappa shape index (κ1) is 11.9. The standard InChI is InChI=1S/C13H20N4/c1-2-15-13(17-14)16-12-9-5-7-10-6-3-4-8-11(10)12/h3-4,6,8,12H,2,5,7,9,14H2,1H3,(H2,15,16,17). The number of nitrogens with two attached hydrogens (primary N) is 1. The Hall–Kier alpha value is -1.55. The Morgan fingerprint density at radius 2 is 2.29 bits per heavy atom. The summed E-state index contributed by atoms with van der Waals surface area (Å²) in [6.45, 7) is 2.72. The highest BCUT2D eigenvalue weighted by atomic mass is 15.3. The minimum Gasteiger partial charge on any atom is -0.349 e. The average Bonchev–Trinajstić information content (AvgIpc) is 2.38. The first-order valence-corrected chi connectivity index (χ1v) is 6.20. The van der Waals surface area contributed by atoms with Crippen molar-refractivity contribution in [2.45, 2.75) is 32.2 Å². The monoisotopic (exact) mass is 232 g/mol. The van der Waals surface area contributed by atoms with Crippen LogP contribution in [0.1, 0.15) is 36.9 Å². The summed E-state index contributed by atoms with van der Waals surface area (Å²) >= 11 is 0. The van der Waals surface area contributed by atoms with E-state index in [4.69, 9.17) is 5.84 Å². The number of hydrogen-bond acceptors (Lipinski definition) is 2. The molecule has 0 bridgehead atoms. The SMILES string of the molecule is CCN=C(NN)NC1CCCc2ccccc21. The summed E-state index contributed by atoms with van der Waals surface area (Å²) in [6, 6.07) is 8.90. The molecule has 1 unspecified atom stereocenters. The van der Waals surface area contributed by atoms with Gasteiger partial charge in [0, 0.05) is 6.54 Å². The zero-order valence-electron chi connectivity index (χ0n) is 10.2. The Morgan fingerprint density at radius 3 is 3.06 bits per heavy atom. The van der Waals surface area contributed by atoms with Crippen molar-refractivity contribution in [2.24, 2.45) is 10.8 Å². The number of rotatable bonds is 2. The quantitative estimate of drug-likeness (QED) is 0.313. The van der Waals surface area contributed by atoms with Crippen LogP contribution in [0.15, 0.2) is 29.3 Å². The zero-order chi connectivity index (χ0) is 12.1. The minimum absolute atomic E-state index is 0.321. The second-order valence-electron chi connectivity index (χ2n) is 4.26. The number of nitrogens with zero attached hydrogens (tertiary/aromatic N) is 1. The lowest BCUT2D eigenvalue weighted by atomic mass is 9.88. The second-order valence-corrected chi connectivity index (χ2v) is 4.26. The van der Waals surface area contributed by atoms with Gasteiger partial charge in [0.15, 0.2) is 0 Å². The molecule has 0 aliphatic heterocycles. The van der Waals surface area contributed by atoms with Crippen molar-refractivity contribution in [3.63, 3.8) is 0 Å². The van der Waals surface area contributed by atoms with Gasteiger partial charge >= 0.3 is 0 Å². The van der Waals surface area contributed by atoms with Crippen LogP contribution in [0.5, 0.6) is 0 Å². The fraction of sp³-hybridized carbons (Fsp3) is 0.462. The van der Waals surface area contributed by atoms with Gasteiger partial charge < -0.3 is 5.32 Å². The van der Waals surface area contributed by atoms with E-state index in [1.54, 1.807) is 0 Å². The van der Waals surface area contributed by atoms with Crippen molar-refractivity contribution in [2.75, 3.05) is 6.54 Å². The maximum Gasteiger partial charge on any atom is 0.206 e. The summed E-state index contributed by atoms with van der Waals surface area (Å²) in [5.41, 5.74) is 5.43. The van der Waals surface area contributed by atoms with Crippen LogP contribution >= 0.6 is 0 Å².